The lowest BCUT2D eigenvalue weighted by molar-refractivity contribution is -0.384. The van der Waals surface area contributed by atoms with Crippen molar-refractivity contribution < 1.29 is 14.8 Å². The second-order valence-electron chi connectivity index (χ2n) is 3.76. The van der Waals surface area contributed by atoms with Gasteiger partial charge in [0.1, 0.15) is 0 Å². The van der Waals surface area contributed by atoms with Crippen LogP contribution in [0.1, 0.15) is 31.2 Å². The van der Waals surface area contributed by atoms with Gasteiger partial charge >= 0.3 is 5.97 Å². The predicted octanol–water partition coefficient (Wildman–Crippen LogP) is 3.87. The minimum atomic E-state index is -1.05. The van der Waals surface area contributed by atoms with E-state index in [1.165, 1.54) is 0 Å². The molecule has 1 N–H and O–H groups in total. The Balaban J connectivity index is 3.31. The molecule has 0 aromatic heterocycles. The van der Waals surface area contributed by atoms with Crippen LogP contribution >= 0.6 is 23.2 Å². The average Bonchev–Trinajstić information content (AvgIpc) is 2.26. The molecule has 1 unspecified atom stereocenters. The number of rotatable bonds is 5. The summed E-state index contributed by atoms with van der Waals surface area (Å²) < 4.78 is 0. The Morgan fingerprint density at radius 1 is 1.44 bits per heavy atom. The molecule has 0 aliphatic carbocycles. The molecular formula is C11H11Cl2NO4. The van der Waals surface area contributed by atoms with Crippen molar-refractivity contribution in [3.05, 3.63) is 37.9 Å². The standard InChI is InChI=1S/C11H11Cl2NO4/c1-2-3-7(11(15)16)10-8(12)4-6(14(17)18)5-9(10)13/h4-5,7H,2-3H2,1H3,(H,15,16). The number of carbonyl (C=O) groups is 1. The first kappa shape index (κ1) is 14.7. The molecule has 1 aromatic carbocycles. The van der Waals surface area contributed by atoms with Crippen molar-refractivity contribution in [3.63, 3.8) is 0 Å². The van der Waals surface area contributed by atoms with Gasteiger partial charge in [-0.2, -0.15) is 0 Å². The molecule has 0 bridgehead atoms. The van der Waals surface area contributed by atoms with E-state index in [9.17, 15) is 14.9 Å². The van der Waals surface area contributed by atoms with Crippen molar-refractivity contribution >= 4 is 34.9 Å². The van der Waals surface area contributed by atoms with Gasteiger partial charge in [0, 0.05) is 17.7 Å². The summed E-state index contributed by atoms with van der Waals surface area (Å²) in [5.41, 5.74) is -0.0207. The Morgan fingerprint density at radius 3 is 2.28 bits per heavy atom. The highest BCUT2D eigenvalue weighted by molar-refractivity contribution is 6.36. The summed E-state index contributed by atoms with van der Waals surface area (Å²) in [6.45, 7) is 1.84. The van der Waals surface area contributed by atoms with E-state index in [0.717, 1.165) is 12.1 Å². The summed E-state index contributed by atoms with van der Waals surface area (Å²) in [6, 6.07) is 2.24. The topological polar surface area (TPSA) is 80.4 Å². The first-order valence-electron chi connectivity index (χ1n) is 5.24. The average molecular weight is 292 g/mol. The van der Waals surface area contributed by atoms with Crippen LogP contribution in [0.5, 0.6) is 0 Å². The molecule has 0 aliphatic heterocycles. The van der Waals surface area contributed by atoms with Crippen LogP contribution in [0.25, 0.3) is 0 Å². The number of benzene rings is 1. The molecule has 7 heteroatoms. The van der Waals surface area contributed by atoms with Gasteiger partial charge in [-0.1, -0.05) is 36.5 Å². The summed E-state index contributed by atoms with van der Waals surface area (Å²) in [4.78, 5) is 21.2. The van der Waals surface area contributed by atoms with E-state index in [1.54, 1.807) is 0 Å². The molecule has 0 amide bonds. The van der Waals surface area contributed by atoms with Crippen LogP contribution in [0.2, 0.25) is 10.0 Å². The molecular weight excluding hydrogens is 281 g/mol. The van der Waals surface area contributed by atoms with E-state index in [2.05, 4.69) is 0 Å². The lowest BCUT2D eigenvalue weighted by atomic mass is 9.94. The zero-order chi connectivity index (χ0) is 13.9. The zero-order valence-corrected chi connectivity index (χ0v) is 11.0. The molecule has 5 nitrogen and oxygen atoms in total. The number of halogens is 2. The number of hydrogen-bond donors (Lipinski definition) is 1. The molecule has 0 saturated carbocycles. The van der Waals surface area contributed by atoms with E-state index < -0.39 is 16.8 Å². The number of nitrogens with zero attached hydrogens (tertiary/aromatic N) is 1. The van der Waals surface area contributed by atoms with Gasteiger partial charge in [-0.3, -0.25) is 14.9 Å². The Labute approximate surface area is 113 Å². The molecule has 0 radical (unpaired) electrons. The summed E-state index contributed by atoms with van der Waals surface area (Å²) >= 11 is 11.8. The van der Waals surface area contributed by atoms with Crippen LogP contribution in [-0.4, -0.2) is 16.0 Å². The molecule has 0 fully saturated rings. The smallest absolute Gasteiger partial charge is 0.311 e. The van der Waals surface area contributed by atoms with Crippen LogP contribution in [0.4, 0.5) is 5.69 Å². The lowest BCUT2D eigenvalue weighted by Gasteiger charge is -2.14. The minimum Gasteiger partial charge on any atom is -0.481 e. The monoisotopic (exact) mass is 291 g/mol. The largest absolute Gasteiger partial charge is 0.481 e. The highest BCUT2D eigenvalue weighted by Crippen LogP contribution is 2.37. The maximum atomic E-state index is 11.2. The normalized spacial score (nSPS) is 12.2. The van der Waals surface area contributed by atoms with E-state index in [1.807, 2.05) is 6.92 Å². The van der Waals surface area contributed by atoms with Gasteiger partial charge in [-0.25, -0.2) is 0 Å². The lowest BCUT2D eigenvalue weighted by Crippen LogP contribution is -2.12. The fourth-order valence-corrected chi connectivity index (χ4v) is 2.43. The predicted molar refractivity (Wildman–Crippen MR) is 68.4 cm³/mol. The van der Waals surface area contributed by atoms with Crippen LogP contribution in [0.15, 0.2) is 12.1 Å². The molecule has 1 aromatic rings. The molecule has 0 spiro atoms. The van der Waals surface area contributed by atoms with Crippen LogP contribution in [0, 0.1) is 10.1 Å². The van der Waals surface area contributed by atoms with Gasteiger partial charge in [0.2, 0.25) is 0 Å². The highest BCUT2D eigenvalue weighted by atomic mass is 35.5. The van der Waals surface area contributed by atoms with Crippen LogP contribution < -0.4 is 0 Å². The van der Waals surface area contributed by atoms with Crippen molar-refractivity contribution in [2.45, 2.75) is 25.7 Å². The Bertz CT molecular complexity index is 467. The number of carboxylic acids is 1. The molecule has 0 saturated heterocycles. The molecule has 1 rings (SSSR count). The van der Waals surface area contributed by atoms with Gasteiger partial charge in [0.25, 0.3) is 5.69 Å². The Kier molecular flexibility index (Phi) is 4.93. The first-order chi connectivity index (χ1) is 8.38. The molecule has 1 atom stereocenters. The van der Waals surface area contributed by atoms with Gasteiger partial charge < -0.3 is 5.11 Å². The van der Waals surface area contributed by atoms with E-state index in [0.29, 0.717) is 12.8 Å². The maximum Gasteiger partial charge on any atom is 0.311 e. The van der Waals surface area contributed by atoms with E-state index in [-0.39, 0.29) is 21.3 Å². The van der Waals surface area contributed by atoms with Gasteiger partial charge in [0.15, 0.2) is 0 Å². The van der Waals surface area contributed by atoms with Crippen molar-refractivity contribution in [1.29, 1.82) is 0 Å². The summed E-state index contributed by atoms with van der Waals surface area (Å²) in [5.74, 6) is -1.90. The summed E-state index contributed by atoms with van der Waals surface area (Å²) in [7, 11) is 0. The zero-order valence-electron chi connectivity index (χ0n) is 9.52. The number of aliphatic carboxylic acids is 1. The molecule has 0 heterocycles. The summed E-state index contributed by atoms with van der Waals surface area (Å²) in [6.07, 6.45) is 1.01. The maximum absolute atomic E-state index is 11.2. The summed E-state index contributed by atoms with van der Waals surface area (Å²) in [5, 5.41) is 19.8. The van der Waals surface area contributed by atoms with Gasteiger partial charge in [0.05, 0.1) is 20.9 Å². The van der Waals surface area contributed by atoms with Crippen molar-refractivity contribution in [1.82, 2.24) is 0 Å². The number of hydrogen-bond acceptors (Lipinski definition) is 3. The minimum absolute atomic E-state index is 0.00931. The van der Waals surface area contributed by atoms with E-state index >= 15 is 0 Å². The number of carboxylic acid groups (broad SMARTS) is 1. The first-order valence-corrected chi connectivity index (χ1v) is 6.00. The number of nitro groups is 1. The third-order valence-electron chi connectivity index (χ3n) is 2.50. The van der Waals surface area contributed by atoms with Gasteiger partial charge in [-0.15, -0.1) is 0 Å². The molecule has 0 aliphatic rings. The van der Waals surface area contributed by atoms with Crippen LogP contribution in [-0.2, 0) is 4.79 Å². The quantitative estimate of drug-likeness (QED) is 0.659. The number of non-ortho nitro benzene ring substituents is 1. The third kappa shape index (κ3) is 3.11. The second kappa shape index (κ2) is 6.02. The molecule has 98 valence electrons. The van der Waals surface area contributed by atoms with Crippen molar-refractivity contribution in [2.75, 3.05) is 0 Å². The van der Waals surface area contributed by atoms with Crippen LogP contribution in [0.3, 0.4) is 0 Å². The second-order valence-corrected chi connectivity index (χ2v) is 4.57. The molecule has 18 heavy (non-hydrogen) atoms. The van der Waals surface area contributed by atoms with E-state index in [4.69, 9.17) is 28.3 Å². The fourth-order valence-electron chi connectivity index (χ4n) is 1.69. The SMILES string of the molecule is CCCC(C(=O)O)c1c(Cl)cc([N+](=O)[O-])cc1Cl. The highest BCUT2D eigenvalue weighted by Gasteiger charge is 2.26. The Morgan fingerprint density at radius 2 is 1.94 bits per heavy atom. The van der Waals surface area contributed by atoms with Crippen molar-refractivity contribution in [3.8, 4) is 0 Å². The number of nitro benzene ring substituents is 1. The van der Waals surface area contributed by atoms with Crippen molar-refractivity contribution in [2.24, 2.45) is 0 Å². The fraction of sp³-hybridized carbons (Fsp3) is 0.364. The third-order valence-corrected chi connectivity index (χ3v) is 3.12. The van der Waals surface area contributed by atoms with Gasteiger partial charge in [-0.05, 0) is 6.42 Å². The Hall–Kier alpha value is -1.33.